The summed E-state index contributed by atoms with van der Waals surface area (Å²) >= 11 is 1.10. The number of fused-ring (bicyclic) bond motifs is 3. The maximum absolute atomic E-state index is 13.2. The Kier molecular flexibility index (Phi) is 5.23. The van der Waals surface area contributed by atoms with Gasteiger partial charge in [0.1, 0.15) is 0 Å². The van der Waals surface area contributed by atoms with Crippen LogP contribution in [0.15, 0.2) is 58.5 Å². The molecule has 0 spiro atoms. The Morgan fingerprint density at radius 3 is 2.57 bits per heavy atom. The normalized spacial score (nSPS) is 11.1. The topological polar surface area (TPSA) is 124 Å². The van der Waals surface area contributed by atoms with Crippen LogP contribution in [0, 0.1) is 6.92 Å². The van der Waals surface area contributed by atoms with E-state index in [4.69, 9.17) is 5.73 Å². The molecule has 0 aliphatic rings. The second-order valence-corrected chi connectivity index (χ2v) is 7.66. The quantitative estimate of drug-likeness (QED) is 0.472. The molecule has 4 rings (SSSR count). The maximum Gasteiger partial charge on any atom is 0.318 e. The van der Waals surface area contributed by atoms with Gasteiger partial charge >= 0.3 is 6.03 Å². The Balaban J connectivity index is 1.82. The summed E-state index contributed by atoms with van der Waals surface area (Å²) in [6, 6.07) is 14.2. The summed E-state index contributed by atoms with van der Waals surface area (Å²) in [7, 11) is 0. The highest BCUT2D eigenvalue weighted by Crippen LogP contribution is 2.22. The van der Waals surface area contributed by atoms with Gasteiger partial charge in [0.2, 0.25) is 11.7 Å². The van der Waals surface area contributed by atoms with Gasteiger partial charge in [-0.2, -0.15) is 0 Å². The monoisotopic (exact) mass is 422 g/mol. The van der Waals surface area contributed by atoms with Crippen LogP contribution in [0.3, 0.4) is 0 Å². The average Bonchev–Trinajstić information content (AvgIpc) is 3.14. The number of aromatic nitrogens is 4. The van der Waals surface area contributed by atoms with E-state index >= 15 is 0 Å². The zero-order valence-electron chi connectivity index (χ0n) is 16.0. The number of benzene rings is 2. The number of para-hydroxylation sites is 1. The van der Waals surface area contributed by atoms with Crippen molar-refractivity contribution in [1.82, 2.24) is 24.5 Å². The molecule has 0 radical (unpaired) electrons. The molecule has 0 fully saturated rings. The second kappa shape index (κ2) is 7.99. The van der Waals surface area contributed by atoms with Crippen molar-refractivity contribution in [2.24, 2.45) is 5.73 Å². The lowest BCUT2D eigenvalue weighted by molar-refractivity contribution is -0.117. The minimum Gasteiger partial charge on any atom is -0.351 e. The molecule has 9 nitrogen and oxygen atoms in total. The molecule has 0 atom stereocenters. The predicted molar refractivity (Wildman–Crippen MR) is 113 cm³/mol. The Bertz CT molecular complexity index is 1330. The van der Waals surface area contributed by atoms with E-state index < -0.39 is 11.9 Å². The molecule has 152 valence electrons. The predicted octanol–water partition coefficient (Wildman–Crippen LogP) is 1.69. The Morgan fingerprint density at radius 2 is 1.83 bits per heavy atom. The molecule has 0 saturated carbocycles. The number of urea groups is 1. The van der Waals surface area contributed by atoms with E-state index in [9.17, 15) is 14.4 Å². The molecule has 0 bridgehead atoms. The number of hydrogen-bond acceptors (Lipinski definition) is 6. The Labute approximate surface area is 174 Å². The summed E-state index contributed by atoms with van der Waals surface area (Å²) in [5.74, 6) is -0.242. The zero-order valence-corrected chi connectivity index (χ0v) is 16.8. The highest BCUT2D eigenvalue weighted by molar-refractivity contribution is 7.99. The van der Waals surface area contributed by atoms with Gasteiger partial charge in [-0.3, -0.25) is 23.9 Å². The van der Waals surface area contributed by atoms with Crippen LogP contribution in [0.2, 0.25) is 0 Å². The number of aryl methyl sites for hydroxylation is 1. The summed E-state index contributed by atoms with van der Waals surface area (Å²) in [5, 5.41) is 11.3. The molecule has 0 aliphatic heterocycles. The van der Waals surface area contributed by atoms with Crippen LogP contribution < -0.4 is 16.6 Å². The number of thioether (sulfide) groups is 1. The lowest BCUT2D eigenvalue weighted by atomic mass is 10.1. The molecular formula is C20H18N6O3S. The van der Waals surface area contributed by atoms with Crippen LogP contribution in [0.25, 0.3) is 16.7 Å². The summed E-state index contributed by atoms with van der Waals surface area (Å²) in [5.41, 5.74) is 7.53. The number of imide groups is 1. The van der Waals surface area contributed by atoms with Gasteiger partial charge in [0.05, 0.1) is 23.2 Å². The Morgan fingerprint density at radius 1 is 1.10 bits per heavy atom. The molecule has 3 N–H and O–H groups in total. The summed E-state index contributed by atoms with van der Waals surface area (Å²) < 4.78 is 3.31. The maximum atomic E-state index is 13.2. The van der Waals surface area contributed by atoms with Crippen molar-refractivity contribution in [3.8, 4) is 0 Å². The third-order valence-corrected chi connectivity index (χ3v) is 5.46. The van der Waals surface area contributed by atoms with Gasteiger partial charge in [-0.1, -0.05) is 53.7 Å². The van der Waals surface area contributed by atoms with Crippen LogP contribution in [0.1, 0.15) is 11.1 Å². The first-order chi connectivity index (χ1) is 14.4. The lowest BCUT2D eigenvalue weighted by Crippen LogP contribution is -2.36. The molecule has 10 heteroatoms. The molecule has 4 aromatic rings. The fourth-order valence-corrected chi connectivity index (χ4v) is 3.89. The second-order valence-electron chi connectivity index (χ2n) is 6.71. The summed E-state index contributed by atoms with van der Waals surface area (Å²) in [6.07, 6.45) is 0. The van der Waals surface area contributed by atoms with Gasteiger partial charge in [0, 0.05) is 0 Å². The van der Waals surface area contributed by atoms with Crippen LogP contribution in [0.4, 0.5) is 4.79 Å². The number of rotatable bonds is 5. The van der Waals surface area contributed by atoms with E-state index in [-0.39, 0.29) is 11.3 Å². The average molecular weight is 422 g/mol. The standard InChI is InChI=1S/C20H18N6O3S/c1-12-6-8-13(9-7-12)10-25-17(28)14-4-2-3-5-15(14)26-19(25)23-24-20(26)30-11-16(27)22-18(21)29/h2-9H,10-11H2,1H3,(H3,21,22,27,29). The molecule has 0 saturated heterocycles. The minimum atomic E-state index is -0.913. The molecule has 0 unspecified atom stereocenters. The van der Waals surface area contributed by atoms with E-state index in [1.165, 1.54) is 0 Å². The van der Waals surface area contributed by atoms with Crippen LogP contribution >= 0.6 is 11.8 Å². The molecular weight excluding hydrogens is 404 g/mol. The number of hydrogen-bond donors (Lipinski definition) is 2. The summed E-state index contributed by atoms with van der Waals surface area (Å²) in [4.78, 5) is 35.8. The van der Waals surface area contributed by atoms with E-state index in [1.54, 1.807) is 27.2 Å². The van der Waals surface area contributed by atoms with Crippen molar-refractivity contribution in [3.63, 3.8) is 0 Å². The summed E-state index contributed by atoms with van der Waals surface area (Å²) in [6.45, 7) is 2.33. The van der Waals surface area contributed by atoms with Crippen LogP contribution in [0.5, 0.6) is 0 Å². The van der Waals surface area contributed by atoms with Crippen molar-refractivity contribution >= 4 is 40.4 Å². The fraction of sp³-hybridized carbons (Fsp3) is 0.150. The highest BCUT2D eigenvalue weighted by atomic mass is 32.2. The third-order valence-electron chi connectivity index (χ3n) is 4.53. The number of carbonyl (C=O) groups excluding carboxylic acids is 2. The number of nitrogens with zero attached hydrogens (tertiary/aromatic N) is 4. The first kappa shape index (κ1) is 19.6. The fourth-order valence-electron chi connectivity index (χ4n) is 3.15. The minimum absolute atomic E-state index is 0.0743. The van der Waals surface area contributed by atoms with E-state index in [2.05, 4.69) is 10.2 Å². The zero-order chi connectivity index (χ0) is 21.3. The molecule has 30 heavy (non-hydrogen) atoms. The van der Waals surface area contributed by atoms with Crippen molar-refractivity contribution in [3.05, 3.63) is 70.0 Å². The van der Waals surface area contributed by atoms with Gasteiger partial charge in [-0.05, 0) is 24.6 Å². The van der Waals surface area contributed by atoms with Gasteiger partial charge in [0.25, 0.3) is 5.56 Å². The first-order valence-corrected chi connectivity index (χ1v) is 10.1. The smallest absolute Gasteiger partial charge is 0.318 e. The van der Waals surface area contributed by atoms with E-state index in [0.29, 0.717) is 28.4 Å². The van der Waals surface area contributed by atoms with E-state index in [0.717, 1.165) is 22.9 Å². The van der Waals surface area contributed by atoms with Crippen molar-refractivity contribution in [2.45, 2.75) is 18.6 Å². The third kappa shape index (κ3) is 3.77. The van der Waals surface area contributed by atoms with Crippen molar-refractivity contribution < 1.29 is 9.59 Å². The Hall–Kier alpha value is -3.66. The number of primary amides is 1. The molecule has 3 amide bonds. The molecule has 2 aromatic carbocycles. The van der Waals surface area contributed by atoms with Gasteiger partial charge in [-0.15, -0.1) is 10.2 Å². The van der Waals surface area contributed by atoms with Gasteiger partial charge < -0.3 is 5.73 Å². The molecule has 2 aromatic heterocycles. The number of carbonyl (C=O) groups is 2. The van der Waals surface area contributed by atoms with Crippen molar-refractivity contribution in [1.29, 1.82) is 0 Å². The number of amides is 3. The van der Waals surface area contributed by atoms with Crippen LogP contribution in [-0.2, 0) is 11.3 Å². The SMILES string of the molecule is Cc1ccc(Cn2c(=O)c3ccccc3n3c(SCC(=O)NC(N)=O)nnc23)cc1. The first-order valence-electron chi connectivity index (χ1n) is 9.08. The number of nitrogens with one attached hydrogen (secondary N) is 1. The van der Waals surface area contributed by atoms with Crippen LogP contribution in [-0.4, -0.2) is 36.9 Å². The highest BCUT2D eigenvalue weighted by Gasteiger charge is 2.18. The number of nitrogens with two attached hydrogens (primary N) is 1. The molecule has 0 aliphatic carbocycles. The van der Waals surface area contributed by atoms with Gasteiger partial charge in [-0.25, -0.2) is 4.79 Å². The molecule has 2 heterocycles. The van der Waals surface area contributed by atoms with Gasteiger partial charge in [0.15, 0.2) is 5.16 Å². The van der Waals surface area contributed by atoms with E-state index in [1.807, 2.05) is 42.6 Å². The lowest BCUT2D eigenvalue weighted by Gasteiger charge is -2.11. The largest absolute Gasteiger partial charge is 0.351 e. The van der Waals surface area contributed by atoms with Crippen molar-refractivity contribution in [2.75, 3.05) is 5.75 Å².